The quantitative estimate of drug-likeness (QED) is 0.0284. The van der Waals surface area contributed by atoms with Crippen LogP contribution in [0, 0.1) is 0 Å². The largest absolute Gasteiger partial charge is 0.457 e. The standard InChI is InChI=1S/C42H80O9/c1-3-5-7-9-11-13-15-17-18-19-20-22-24-26-28-30-32-48-34-36(35-49-42-41(47)40(46)39(45)37(33-43)51-42)50-38(44)31-29-27-25-23-21-16-14-12-10-8-6-4-2/h17-18,36-37,39-43,45-47H,3-16,19-35H2,1-2H3/b18-17-. The maximum absolute atomic E-state index is 12.7. The molecule has 4 N–H and O–H groups in total. The summed E-state index contributed by atoms with van der Waals surface area (Å²) in [7, 11) is 0. The molecule has 1 fully saturated rings. The van der Waals surface area contributed by atoms with E-state index in [9.17, 15) is 25.2 Å². The molecule has 0 amide bonds. The fourth-order valence-electron chi connectivity index (χ4n) is 6.54. The van der Waals surface area contributed by atoms with Crippen molar-refractivity contribution in [2.24, 2.45) is 0 Å². The van der Waals surface area contributed by atoms with Gasteiger partial charge in [0.25, 0.3) is 0 Å². The lowest BCUT2D eigenvalue weighted by Gasteiger charge is -2.39. The lowest BCUT2D eigenvalue weighted by atomic mass is 9.99. The van der Waals surface area contributed by atoms with E-state index in [1.54, 1.807) is 0 Å². The van der Waals surface area contributed by atoms with Gasteiger partial charge in [-0.05, 0) is 38.5 Å². The first kappa shape index (κ1) is 48.0. The Hall–Kier alpha value is -1.07. The number of rotatable bonds is 36. The maximum Gasteiger partial charge on any atom is 0.306 e. The Morgan fingerprint density at radius 3 is 1.59 bits per heavy atom. The first-order valence-electron chi connectivity index (χ1n) is 21.3. The van der Waals surface area contributed by atoms with Gasteiger partial charge in [0.2, 0.25) is 0 Å². The molecule has 0 radical (unpaired) electrons. The van der Waals surface area contributed by atoms with E-state index in [0.29, 0.717) is 13.0 Å². The van der Waals surface area contributed by atoms with Crippen molar-refractivity contribution >= 4 is 5.97 Å². The summed E-state index contributed by atoms with van der Waals surface area (Å²) >= 11 is 0. The number of aliphatic hydroxyl groups excluding tert-OH is 4. The molecule has 0 bridgehead atoms. The Bertz CT molecular complexity index is 792. The molecular weight excluding hydrogens is 648 g/mol. The van der Waals surface area contributed by atoms with E-state index in [1.165, 1.54) is 135 Å². The average Bonchev–Trinajstić information content (AvgIpc) is 3.13. The summed E-state index contributed by atoms with van der Waals surface area (Å²) in [6, 6.07) is 0. The Morgan fingerprint density at radius 1 is 0.608 bits per heavy atom. The predicted octanol–water partition coefficient (Wildman–Crippen LogP) is 8.86. The van der Waals surface area contributed by atoms with E-state index in [2.05, 4.69) is 26.0 Å². The average molecular weight is 729 g/mol. The van der Waals surface area contributed by atoms with Gasteiger partial charge in [0, 0.05) is 13.0 Å². The molecule has 6 unspecified atom stereocenters. The van der Waals surface area contributed by atoms with Crippen LogP contribution >= 0.6 is 0 Å². The van der Waals surface area contributed by atoms with Crippen LogP contribution in [0.25, 0.3) is 0 Å². The molecule has 0 aromatic carbocycles. The molecule has 51 heavy (non-hydrogen) atoms. The van der Waals surface area contributed by atoms with Crippen molar-refractivity contribution in [3.63, 3.8) is 0 Å². The molecule has 1 heterocycles. The van der Waals surface area contributed by atoms with Crippen molar-refractivity contribution < 1.29 is 44.2 Å². The Balaban J connectivity index is 2.28. The smallest absolute Gasteiger partial charge is 0.306 e. The first-order valence-corrected chi connectivity index (χ1v) is 21.3. The third-order valence-electron chi connectivity index (χ3n) is 9.93. The van der Waals surface area contributed by atoms with Gasteiger partial charge in [-0.3, -0.25) is 4.79 Å². The number of ether oxygens (including phenoxy) is 4. The number of hydrogen-bond acceptors (Lipinski definition) is 9. The van der Waals surface area contributed by atoms with Crippen LogP contribution in [-0.4, -0.2) is 89.6 Å². The van der Waals surface area contributed by atoms with Crippen molar-refractivity contribution in [2.45, 2.75) is 224 Å². The Labute approximate surface area is 312 Å². The molecule has 0 aliphatic carbocycles. The number of carbonyl (C=O) groups excluding carboxylic acids is 1. The van der Waals surface area contributed by atoms with Crippen LogP contribution in [-0.2, 0) is 23.7 Å². The fourth-order valence-corrected chi connectivity index (χ4v) is 6.54. The van der Waals surface area contributed by atoms with E-state index < -0.39 is 43.4 Å². The van der Waals surface area contributed by atoms with Gasteiger partial charge >= 0.3 is 5.97 Å². The number of esters is 1. The van der Waals surface area contributed by atoms with Crippen LogP contribution in [0.15, 0.2) is 12.2 Å². The highest BCUT2D eigenvalue weighted by Crippen LogP contribution is 2.22. The van der Waals surface area contributed by atoms with E-state index in [1.807, 2.05) is 0 Å². The second kappa shape index (κ2) is 34.7. The summed E-state index contributed by atoms with van der Waals surface area (Å²) in [6.45, 7) is 4.55. The highest BCUT2D eigenvalue weighted by molar-refractivity contribution is 5.69. The predicted molar refractivity (Wildman–Crippen MR) is 206 cm³/mol. The molecule has 0 spiro atoms. The second-order valence-electron chi connectivity index (χ2n) is 14.8. The zero-order chi connectivity index (χ0) is 37.2. The zero-order valence-electron chi connectivity index (χ0n) is 32.9. The van der Waals surface area contributed by atoms with Gasteiger partial charge in [-0.15, -0.1) is 0 Å². The number of aliphatic hydroxyl groups is 4. The third kappa shape index (κ3) is 26.4. The van der Waals surface area contributed by atoms with Crippen molar-refractivity contribution in [3.05, 3.63) is 12.2 Å². The van der Waals surface area contributed by atoms with E-state index in [-0.39, 0.29) is 19.2 Å². The molecule has 1 rings (SSSR count). The van der Waals surface area contributed by atoms with Crippen LogP contribution in [0.4, 0.5) is 0 Å². The molecule has 302 valence electrons. The molecule has 1 aliphatic heterocycles. The maximum atomic E-state index is 12.7. The van der Waals surface area contributed by atoms with Gasteiger partial charge in [0.05, 0.1) is 19.8 Å². The van der Waals surface area contributed by atoms with Crippen LogP contribution in [0.5, 0.6) is 0 Å². The summed E-state index contributed by atoms with van der Waals surface area (Å²) in [5.74, 6) is -0.315. The van der Waals surface area contributed by atoms with Gasteiger partial charge < -0.3 is 39.4 Å². The fraction of sp³-hybridized carbons (Fsp3) is 0.929. The van der Waals surface area contributed by atoms with E-state index in [4.69, 9.17) is 18.9 Å². The number of carbonyl (C=O) groups is 1. The van der Waals surface area contributed by atoms with Gasteiger partial charge in [-0.1, -0.05) is 154 Å². The van der Waals surface area contributed by atoms with Crippen LogP contribution in [0.3, 0.4) is 0 Å². The minimum Gasteiger partial charge on any atom is -0.457 e. The van der Waals surface area contributed by atoms with Crippen molar-refractivity contribution in [1.29, 1.82) is 0 Å². The normalized spacial score (nSPS) is 21.4. The molecule has 0 aromatic heterocycles. The highest BCUT2D eigenvalue weighted by Gasteiger charge is 2.44. The van der Waals surface area contributed by atoms with Crippen LogP contribution in [0.1, 0.15) is 187 Å². The van der Waals surface area contributed by atoms with Gasteiger partial charge in [-0.2, -0.15) is 0 Å². The molecule has 9 heteroatoms. The molecule has 0 saturated carbocycles. The van der Waals surface area contributed by atoms with Crippen LogP contribution < -0.4 is 0 Å². The number of allylic oxidation sites excluding steroid dienone is 2. The topological polar surface area (TPSA) is 135 Å². The monoisotopic (exact) mass is 729 g/mol. The lowest BCUT2D eigenvalue weighted by molar-refractivity contribution is -0.305. The van der Waals surface area contributed by atoms with Crippen molar-refractivity contribution in [3.8, 4) is 0 Å². The lowest BCUT2D eigenvalue weighted by Crippen LogP contribution is -2.59. The van der Waals surface area contributed by atoms with Gasteiger partial charge in [0.15, 0.2) is 6.29 Å². The summed E-state index contributed by atoms with van der Waals surface area (Å²) < 4.78 is 22.8. The van der Waals surface area contributed by atoms with Gasteiger partial charge in [0.1, 0.15) is 30.5 Å². The summed E-state index contributed by atoms with van der Waals surface area (Å²) in [4.78, 5) is 12.7. The molecular formula is C42H80O9. The molecule has 0 aromatic rings. The zero-order valence-corrected chi connectivity index (χ0v) is 32.9. The summed E-state index contributed by atoms with van der Waals surface area (Å²) in [6.07, 6.45) is 29.5. The van der Waals surface area contributed by atoms with Crippen LogP contribution in [0.2, 0.25) is 0 Å². The molecule has 1 aliphatic rings. The third-order valence-corrected chi connectivity index (χ3v) is 9.93. The SMILES string of the molecule is CCCCCCCC/C=C\CCCCCCCCOCC(COC1OC(CO)C(O)C(O)C1O)OC(=O)CCCCCCCCCCCCCC. The molecule has 1 saturated heterocycles. The molecule has 9 nitrogen and oxygen atoms in total. The number of hydrogen-bond donors (Lipinski definition) is 4. The summed E-state index contributed by atoms with van der Waals surface area (Å²) in [5.41, 5.74) is 0. The highest BCUT2D eigenvalue weighted by atomic mass is 16.7. The first-order chi connectivity index (χ1) is 24.9. The van der Waals surface area contributed by atoms with Gasteiger partial charge in [-0.25, -0.2) is 0 Å². The Morgan fingerprint density at radius 2 is 1.08 bits per heavy atom. The van der Waals surface area contributed by atoms with Crippen molar-refractivity contribution in [1.82, 2.24) is 0 Å². The number of unbranched alkanes of at least 4 members (excludes halogenated alkanes) is 23. The minimum absolute atomic E-state index is 0.111. The minimum atomic E-state index is -1.53. The molecule has 6 atom stereocenters. The van der Waals surface area contributed by atoms with E-state index in [0.717, 1.165) is 32.1 Å². The second-order valence-corrected chi connectivity index (χ2v) is 14.8. The van der Waals surface area contributed by atoms with E-state index >= 15 is 0 Å². The summed E-state index contributed by atoms with van der Waals surface area (Å²) in [5, 5.41) is 40.0. The van der Waals surface area contributed by atoms with Crippen molar-refractivity contribution in [2.75, 3.05) is 26.4 Å². The Kier molecular flexibility index (Phi) is 32.6.